The standard InChI is InChI=1S/C13H11ClN2O2/c1-16-8-10(14)11(15-13(16)18)7-12(17)9-5-3-2-4-6-9/h2-6,8H,7H2,1H3. The fraction of sp³-hybridized carbons (Fsp3) is 0.154. The Balaban J connectivity index is 2.28. The minimum atomic E-state index is -0.421. The first-order chi connectivity index (χ1) is 8.58. The zero-order chi connectivity index (χ0) is 13.1. The summed E-state index contributed by atoms with van der Waals surface area (Å²) in [4.78, 5) is 27.1. The Labute approximate surface area is 109 Å². The molecule has 0 amide bonds. The minimum absolute atomic E-state index is 0.0267. The van der Waals surface area contributed by atoms with E-state index in [1.807, 2.05) is 6.07 Å². The lowest BCUT2D eigenvalue weighted by Crippen LogP contribution is -2.22. The summed E-state index contributed by atoms with van der Waals surface area (Å²) in [6, 6.07) is 8.84. The molecule has 1 heterocycles. The molecular weight excluding hydrogens is 252 g/mol. The lowest BCUT2D eigenvalue weighted by atomic mass is 10.1. The molecule has 4 nitrogen and oxygen atoms in total. The maximum Gasteiger partial charge on any atom is 0.347 e. The molecule has 1 aromatic carbocycles. The molecule has 18 heavy (non-hydrogen) atoms. The van der Waals surface area contributed by atoms with E-state index in [2.05, 4.69) is 4.98 Å². The van der Waals surface area contributed by atoms with Gasteiger partial charge in [-0.3, -0.25) is 4.79 Å². The summed E-state index contributed by atoms with van der Waals surface area (Å²) in [5, 5.41) is 0.321. The summed E-state index contributed by atoms with van der Waals surface area (Å²) in [6.07, 6.45) is 1.49. The number of ketones is 1. The molecule has 2 aromatic rings. The highest BCUT2D eigenvalue weighted by Crippen LogP contribution is 2.13. The normalized spacial score (nSPS) is 10.3. The Hall–Kier alpha value is -1.94. The molecule has 0 unspecified atom stereocenters. The highest BCUT2D eigenvalue weighted by Gasteiger charge is 2.12. The molecule has 0 aliphatic heterocycles. The second kappa shape index (κ2) is 5.14. The largest absolute Gasteiger partial charge is 0.347 e. The molecule has 2 rings (SSSR count). The van der Waals surface area contributed by atoms with Crippen molar-refractivity contribution in [3.63, 3.8) is 0 Å². The maximum absolute atomic E-state index is 12.0. The van der Waals surface area contributed by atoms with Gasteiger partial charge in [-0.1, -0.05) is 41.9 Å². The van der Waals surface area contributed by atoms with Crippen LogP contribution in [0, 0.1) is 0 Å². The number of hydrogen-bond acceptors (Lipinski definition) is 3. The SMILES string of the molecule is Cn1cc(Cl)c(CC(=O)c2ccccc2)nc1=O. The molecule has 0 saturated heterocycles. The highest BCUT2D eigenvalue weighted by atomic mass is 35.5. The first-order valence-corrected chi connectivity index (χ1v) is 5.76. The number of halogens is 1. The van der Waals surface area contributed by atoms with Crippen LogP contribution in [0.5, 0.6) is 0 Å². The average Bonchev–Trinajstić information content (AvgIpc) is 2.37. The summed E-state index contributed by atoms with van der Waals surface area (Å²) in [6.45, 7) is 0. The summed E-state index contributed by atoms with van der Waals surface area (Å²) in [7, 11) is 1.56. The number of hydrogen-bond donors (Lipinski definition) is 0. The molecule has 0 spiro atoms. The van der Waals surface area contributed by atoms with Crippen LogP contribution in [0.3, 0.4) is 0 Å². The summed E-state index contributed by atoms with van der Waals surface area (Å²) in [5.41, 5.74) is 0.472. The first kappa shape index (κ1) is 12.5. The molecule has 0 saturated carbocycles. The number of aryl methyl sites for hydroxylation is 1. The van der Waals surface area contributed by atoms with Gasteiger partial charge in [0.1, 0.15) is 0 Å². The summed E-state index contributed by atoms with van der Waals surface area (Å²) in [5.74, 6) is -0.113. The van der Waals surface area contributed by atoms with Crippen LogP contribution in [0.1, 0.15) is 16.1 Å². The van der Waals surface area contributed by atoms with E-state index >= 15 is 0 Å². The van der Waals surface area contributed by atoms with Crippen molar-refractivity contribution in [2.45, 2.75) is 6.42 Å². The topological polar surface area (TPSA) is 52.0 Å². The predicted molar refractivity (Wildman–Crippen MR) is 69.0 cm³/mol. The fourth-order valence-electron chi connectivity index (χ4n) is 1.55. The summed E-state index contributed by atoms with van der Waals surface area (Å²) < 4.78 is 1.28. The van der Waals surface area contributed by atoms with Gasteiger partial charge in [-0.05, 0) is 0 Å². The molecule has 0 aliphatic rings. The van der Waals surface area contributed by atoms with Crippen LogP contribution in [-0.2, 0) is 13.5 Å². The fourth-order valence-corrected chi connectivity index (χ4v) is 1.81. The second-order valence-corrected chi connectivity index (χ2v) is 4.30. The van der Waals surface area contributed by atoms with E-state index in [9.17, 15) is 9.59 Å². The van der Waals surface area contributed by atoms with Crippen molar-refractivity contribution in [1.29, 1.82) is 0 Å². The molecule has 1 aromatic heterocycles. The molecule has 0 aliphatic carbocycles. The number of carbonyl (C=O) groups excluding carboxylic acids is 1. The lowest BCUT2D eigenvalue weighted by Gasteiger charge is -2.04. The van der Waals surface area contributed by atoms with Crippen LogP contribution < -0.4 is 5.69 Å². The van der Waals surface area contributed by atoms with Gasteiger partial charge in [0, 0.05) is 18.8 Å². The van der Waals surface area contributed by atoms with Gasteiger partial charge in [0.15, 0.2) is 5.78 Å². The van der Waals surface area contributed by atoms with Crippen LogP contribution >= 0.6 is 11.6 Å². The number of carbonyl (C=O) groups is 1. The van der Waals surface area contributed by atoms with E-state index in [-0.39, 0.29) is 12.2 Å². The van der Waals surface area contributed by atoms with Crippen molar-refractivity contribution in [3.05, 3.63) is 63.3 Å². The third-order valence-corrected chi connectivity index (χ3v) is 2.85. The number of aromatic nitrogens is 2. The number of benzene rings is 1. The van der Waals surface area contributed by atoms with Crippen LogP contribution in [-0.4, -0.2) is 15.3 Å². The van der Waals surface area contributed by atoms with Gasteiger partial charge in [0.05, 0.1) is 17.1 Å². The van der Waals surface area contributed by atoms with Crippen molar-refractivity contribution in [3.8, 4) is 0 Å². The van der Waals surface area contributed by atoms with Crippen molar-refractivity contribution >= 4 is 17.4 Å². The van der Waals surface area contributed by atoms with Gasteiger partial charge in [-0.15, -0.1) is 0 Å². The Bertz CT molecular complexity index is 635. The molecule has 0 fully saturated rings. The Morgan fingerprint density at radius 3 is 2.67 bits per heavy atom. The average molecular weight is 263 g/mol. The minimum Gasteiger partial charge on any atom is -0.301 e. The van der Waals surface area contributed by atoms with Crippen molar-refractivity contribution < 1.29 is 4.79 Å². The number of nitrogens with zero attached hydrogens (tertiary/aromatic N) is 2. The monoisotopic (exact) mass is 262 g/mol. The molecular formula is C13H11ClN2O2. The van der Waals surface area contributed by atoms with E-state index in [1.165, 1.54) is 10.8 Å². The third-order valence-electron chi connectivity index (χ3n) is 2.54. The Morgan fingerprint density at radius 1 is 1.33 bits per heavy atom. The van der Waals surface area contributed by atoms with E-state index in [4.69, 9.17) is 11.6 Å². The van der Waals surface area contributed by atoms with Gasteiger partial charge < -0.3 is 4.57 Å². The van der Waals surface area contributed by atoms with Crippen molar-refractivity contribution in [2.24, 2.45) is 7.05 Å². The van der Waals surface area contributed by atoms with Gasteiger partial charge in [0.25, 0.3) is 0 Å². The third kappa shape index (κ3) is 2.65. The Morgan fingerprint density at radius 2 is 2.00 bits per heavy atom. The quantitative estimate of drug-likeness (QED) is 0.794. The molecule has 0 N–H and O–H groups in total. The van der Waals surface area contributed by atoms with Gasteiger partial charge >= 0.3 is 5.69 Å². The summed E-state index contributed by atoms with van der Waals surface area (Å²) >= 11 is 5.96. The van der Waals surface area contributed by atoms with E-state index in [0.717, 1.165) is 0 Å². The van der Waals surface area contributed by atoms with Gasteiger partial charge in [0.2, 0.25) is 0 Å². The van der Waals surface area contributed by atoms with Crippen LogP contribution in [0.4, 0.5) is 0 Å². The zero-order valence-electron chi connectivity index (χ0n) is 9.76. The second-order valence-electron chi connectivity index (χ2n) is 3.89. The smallest absolute Gasteiger partial charge is 0.301 e. The lowest BCUT2D eigenvalue weighted by molar-refractivity contribution is 0.0992. The molecule has 5 heteroatoms. The van der Waals surface area contributed by atoms with E-state index < -0.39 is 5.69 Å². The van der Waals surface area contributed by atoms with E-state index in [0.29, 0.717) is 16.3 Å². The molecule has 0 radical (unpaired) electrons. The van der Waals surface area contributed by atoms with Crippen LogP contribution in [0.15, 0.2) is 41.3 Å². The zero-order valence-corrected chi connectivity index (χ0v) is 10.5. The highest BCUT2D eigenvalue weighted by molar-refractivity contribution is 6.31. The molecule has 0 atom stereocenters. The van der Waals surface area contributed by atoms with E-state index in [1.54, 1.807) is 31.3 Å². The van der Waals surface area contributed by atoms with Gasteiger partial charge in [-0.25, -0.2) is 4.79 Å². The molecule has 92 valence electrons. The van der Waals surface area contributed by atoms with Gasteiger partial charge in [-0.2, -0.15) is 4.98 Å². The Kier molecular flexibility index (Phi) is 3.58. The van der Waals surface area contributed by atoms with Crippen molar-refractivity contribution in [2.75, 3.05) is 0 Å². The van der Waals surface area contributed by atoms with Crippen LogP contribution in [0.25, 0.3) is 0 Å². The van der Waals surface area contributed by atoms with Crippen LogP contribution in [0.2, 0.25) is 5.02 Å². The number of Topliss-reactive ketones (excluding diaryl/α,β-unsaturated/α-hetero) is 1. The molecule has 0 bridgehead atoms. The number of rotatable bonds is 3. The maximum atomic E-state index is 12.0. The van der Waals surface area contributed by atoms with Crippen molar-refractivity contribution in [1.82, 2.24) is 9.55 Å². The first-order valence-electron chi connectivity index (χ1n) is 5.38. The predicted octanol–water partition coefficient (Wildman–Crippen LogP) is 1.86.